The molecule has 0 saturated heterocycles. The molecule has 0 saturated carbocycles. The van der Waals surface area contributed by atoms with Gasteiger partial charge in [0.15, 0.2) is 0 Å². The van der Waals surface area contributed by atoms with E-state index < -0.39 is 0 Å². The van der Waals surface area contributed by atoms with Crippen molar-refractivity contribution in [2.45, 2.75) is 27.7 Å². The van der Waals surface area contributed by atoms with Crippen molar-refractivity contribution in [2.75, 3.05) is 9.80 Å². The molecule has 2 heteroatoms. The summed E-state index contributed by atoms with van der Waals surface area (Å²) < 4.78 is 0. The molecule has 2 nitrogen and oxygen atoms in total. The van der Waals surface area contributed by atoms with Crippen LogP contribution in [-0.4, -0.2) is 0 Å². The lowest BCUT2D eigenvalue weighted by molar-refractivity contribution is 1.26. The summed E-state index contributed by atoms with van der Waals surface area (Å²) in [5, 5.41) is 0. The maximum atomic E-state index is 2.32. The molecule has 7 rings (SSSR count). The lowest BCUT2D eigenvalue weighted by Gasteiger charge is -2.26. The Morgan fingerprint density at radius 3 is 0.885 bits per heavy atom. The SMILES string of the molecule is Cc1cccc(N(c2ccc(/C=C/c3ccccc3/C=C/c3ccc(N(c4cccc(C)c4)c4cccc(C)c4)cc3)cc2)c2cccc(C)c2)c1. The van der Waals surface area contributed by atoms with Crippen molar-refractivity contribution in [3.8, 4) is 0 Å². The van der Waals surface area contributed by atoms with Crippen LogP contribution in [0, 0.1) is 27.7 Å². The monoisotopic (exact) mass is 672 g/mol. The fraction of sp³-hybridized carbons (Fsp3) is 0.0800. The first kappa shape index (κ1) is 34.1. The average molecular weight is 673 g/mol. The van der Waals surface area contributed by atoms with E-state index in [-0.39, 0.29) is 0 Å². The zero-order valence-corrected chi connectivity index (χ0v) is 30.4. The first-order chi connectivity index (χ1) is 25.4. The summed E-state index contributed by atoms with van der Waals surface area (Å²) in [4.78, 5) is 4.64. The standard InChI is InChI=1S/C50H44N2/c1-37-11-7-17-47(33-37)51(48-18-8-12-38(2)34-48)45-29-23-41(24-30-45)21-27-43-15-5-6-16-44(43)28-22-42-25-31-46(32-26-42)52(49-19-9-13-39(3)35-49)50-20-10-14-40(4)36-50/h5-36H,1-4H3/b27-21+,28-22+. The molecule has 254 valence electrons. The Balaban J connectivity index is 1.10. The van der Waals surface area contributed by atoms with Gasteiger partial charge < -0.3 is 9.80 Å². The molecule has 0 aliphatic carbocycles. The minimum absolute atomic E-state index is 1.13. The number of nitrogens with zero attached hydrogens (tertiary/aromatic N) is 2. The van der Waals surface area contributed by atoms with Gasteiger partial charge in [-0.1, -0.05) is 121 Å². The fourth-order valence-electron chi connectivity index (χ4n) is 6.62. The van der Waals surface area contributed by atoms with Crippen LogP contribution >= 0.6 is 0 Å². The van der Waals surface area contributed by atoms with Crippen molar-refractivity contribution in [1.29, 1.82) is 0 Å². The number of rotatable bonds is 10. The van der Waals surface area contributed by atoms with E-state index >= 15 is 0 Å². The molecule has 0 aliphatic heterocycles. The number of benzene rings is 7. The highest BCUT2D eigenvalue weighted by atomic mass is 15.1. The van der Waals surface area contributed by atoms with Crippen molar-refractivity contribution >= 4 is 58.4 Å². The number of aryl methyl sites for hydroxylation is 4. The normalized spacial score (nSPS) is 11.3. The molecule has 0 heterocycles. The van der Waals surface area contributed by atoms with Crippen LogP contribution in [-0.2, 0) is 0 Å². The third kappa shape index (κ3) is 8.15. The van der Waals surface area contributed by atoms with Crippen LogP contribution in [0.5, 0.6) is 0 Å². The summed E-state index contributed by atoms with van der Waals surface area (Å²) in [6.07, 6.45) is 8.80. The molecule has 0 aromatic heterocycles. The Hall–Kier alpha value is -6.38. The Morgan fingerprint density at radius 1 is 0.288 bits per heavy atom. The minimum atomic E-state index is 1.13. The molecule has 0 unspecified atom stereocenters. The maximum Gasteiger partial charge on any atom is 0.0464 e. The van der Waals surface area contributed by atoms with Crippen LogP contribution in [0.2, 0.25) is 0 Å². The second kappa shape index (κ2) is 15.7. The molecule has 7 aromatic rings. The highest BCUT2D eigenvalue weighted by Crippen LogP contribution is 2.37. The number of hydrogen-bond acceptors (Lipinski definition) is 2. The highest BCUT2D eigenvalue weighted by Gasteiger charge is 2.14. The predicted molar refractivity (Wildman–Crippen MR) is 225 cm³/mol. The van der Waals surface area contributed by atoms with Crippen molar-refractivity contribution in [3.05, 3.63) is 214 Å². The Labute approximate surface area is 309 Å². The Kier molecular flexibility index (Phi) is 10.3. The lowest BCUT2D eigenvalue weighted by Crippen LogP contribution is -2.10. The molecule has 0 fully saturated rings. The molecule has 0 amide bonds. The van der Waals surface area contributed by atoms with Gasteiger partial charge in [-0.2, -0.15) is 0 Å². The van der Waals surface area contributed by atoms with Crippen LogP contribution in [0.3, 0.4) is 0 Å². The van der Waals surface area contributed by atoms with Gasteiger partial charge >= 0.3 is 0 Å². The van der Waals surface area contributed by atoms with Crippen LogP contribution in [0.25, 0.3) is 24.3 Å². The van der Waals surface area contributed by atoms with Gasteiger partial charge in [0, 0.05) is 34.1 Å². The molecule has 0 radical (unpaired) electrons. The van der Waals surface area contributed by atoms with Crippen LogP contribution in [0.4, 0.5) is 34.1 Å². The van der Waals surface area contributed by atoms with Gasteiger partial charge in [-0.05, 0) is 145 Å². The van der Waals surface area contributed by atoms with Gasteiger partial charge in [0.05, 0.1) is 0 Å². The summed E-state index contributed by atoms with van der Waals surface area (Å²) in [7, 11) is 0. The number of hydrogen-bond donors (Lipinski definition) is 0. The summed E-state index contributed by atoms with van der Waals surface area (Å²) in [6, 6.07) is 60.9. The summed E-state index contributed by atoms with van der Waals surface area (Å²) in [5.74, 6) is 0. The quantitative estimate of drug-likeness (QED) is 0.133. The van der Waals surface area contributed by atoms with Crippen LogP contribution in [0.1, 0.15) is 44.5 Å². The minimum Gasteiger partial charge on any atom is -0.310 e. The zero-order valence-electron chi connectivity index (χ0n) is 30.4. The lowest BCUT2D eigenvalue weighted by atomic mass is 10.0. The molecule has 7 aromatic carbocycles. The van der Waals surface area contributed by atoms with Crippen molar-refractivity contribution in [2.24, 2.45) is 0 Å². The molecule has 0 bridgehead atoms. The highest BCUT2D eigenvalue weighted by molar-refractivity contribution is 5.82. The van der Waals surface area contributed by atoms with E-state index in [9.17, 15) is 0 Å². The average Bonchev–Trinajstić information content (AvgIpc) is 3.15. The van der Waals surface area contributed by atoms with E-state index in [4.69, 9.17) is 0 Å². The van der Waals surface area contributed by atoms with E-state index in [2.05, 4.69) is 232 Å². The molecule has 52 heavy (non-hydrogen) atoms. The largest absolute Gasteiger partial charge is 0.310 e. The van der Waals surface area contributed by atoms with E-state index in [1.807, 2.05) is 0 Å². The second-order valence-electron chi connectivity index (χ2n) is 13.5. The smallest absolute Gasteiger partial charge is 0.0464 e. The van der Waals surface area contributed by atoms with E-state index in [0.29, 0.717) is 0 Å². The van der Waals surface area contributed by atoms with Gasteiger partial charge in [0.1, 0.15) is 0 Å². The summed E-state index contributed by atoms with van der Waals surface area (Å²) in [5.41, 5.74) is 16.5. The summed E-state index contributed by atoms with van der Waals surface area (Å²) >= 11 is 0. The van der Waals surface area contributed by atoms with Gasteiger partial charge in [0.2, 0.25) is 0 Å². The summed E-state index contributed by atoms with van der Waals surface area (Å²) in [6.45, 7) is 8.57. The van der Waals surface area contributed by atoms with Gasteiger partial charge in [0.25, 0.3) is 0 Å². The fourth-order valence-corrected chi connectivity index (χ4v) is 6.62. The number of anilines is 6. The van der Waals surface area contributed by atoms with Gasteiger partial charge in [-0.25, -0.2) is 0 Å². The molecular weight excluding hydrogens is 629 g/mol. The van der Waals surface area contributed by atoms with E-state index in [0.717, 1.165) is 45.3 Å². The molecule has 0 N–H and O–H groups in total. The van der Waals surface area contributed by atoms with Crippen molar-refractivity contribution in [1.82, 2.24) is 0 Å². The third-order valence-corrected chi connectivity index (χ3v) is 9.25. The first-order valence-corrected chi connectivity index (χ1v) is 17.9. The molecule has 0 aliphatic rings. The van der Waals surface area contributed by atoms with Crippen molar-refractivity contribution < 1.29 is 0 Å². The second-order valence-corrected chi connectivity index (χ2v) is 13.5. The van der Waals surface area contributed by atoms with E-state index in [1.54, 1.807) is 0 Å². The topological polar surface area (TPSA) is 6.48 Å². The van der Waals surface area contributed by atoms with E-state index in [1.165, 1.54) is 33.4 Å². The van der Waals surface area contributed by atoms with Crippen molar-refractivity contribution in [3.63, 3.8) is 0 Å². The maximum absolute atomic E-state index is 2.32. The molecule has 0 atom stereocenters. The third-order valence-electron chi connectivity index (χ3n) is 9.25. The van der Waals surface area contributed by atoms with Crippen LogP contribution in [0.15, 0.2) is 170 Å². The Bertz CT molecular complexity index is 2090. The molecule has 0 spiro atoms. The zero-order chi connectivity index (χ0) is 35.9. The predicted octanol–water partition coefficient (Wildman–Crippen LogP) is 14.2. The Morgan fingerprint density at radius 2 is 0.596 bits per heavy atom. The van der Waals surface area contributed by atoms with Gasteiger partial charge in [-0.3, -0.25) is 0 Å². The van der Waals surface area contributed by atoms with Gasteiger partial charge in [-0.15, -0.1) is 0 Å². The van der Waals surface area contributed by atoms with Crippen LogP contribution < -0.4 is 9.80 Å². The first-order valence-electron chi connectivity index (χ1n) is 17.9. The molecular formula is C50H44N2.